The molecule has 0 unspecified atom stereocenters. The number of nitrogens with zero attached hydrogens (tertiary/aromatic N) is 2. The molecule has 7 nitrogen and oxygen atoms in total. The molecule has 3 N–H and O–H groups in total. The van der Waals surface area contributed by atoms with Crippen LogP contribution in [0.25, 0.3) is 0 Å². The average Bonchev–Trinajstić information content (AvgIpc) is 2.86. The number of pyridine rings is 1. The van der Waals surface area contributed by atoms with Crippen LogP contribution in [-0.2, 0) is 11.2 Å². The second-order valence-corrected chi connectivity index (χ2v) is 5.10. The highest BCUT2D eigenvalue weighted by molar-refractivity contribution is 7.14. The van der Waals surface area contributed by atoms with E-state index in [2.05, 4.69) is 15.3 Å². The number of aliphatic carboxylic acids is 1. The number of hydrogen-bond acceptors (Lipinski definition) is 6. The van der Waals surface area contributed by atoms with Gasteiger partial charge >= 0.3 is 5.97 Å². The van der Waals surface area contributed by atoms with E-state index in [1.807, 2.05) is 0 Å². The summed E-state index contributed by atoms with van der Waals surface area (Å²) in [5.41, 5.74) is 0.850. The molecule has 0 bridgehead atoms. The zero-order chi connectivity index (χ0) is 15.2. The number of carboxylic acid groups (broad SMARTS) is 1. The molecule has 0 fully saturated rings. The maximum absolute atomic E-state index is 11.9. The number of nitrogens with one attached hydrogen (secondary N) is 1. The number of thiazole rings is 1. The maximum Gasteiger partial charge on any atom is 0.303 e. The lowest BCUT2D eigenvalue weighted by Gasteiger charge is -2.03. The number of aromatic hydroxyl groups is 1. The molecule has 0 aliphatic heterocycles. The third-order valence-corrected chi connectivity index (χ3v) is 3.45. The van der Waals surface area contributed by atoms with Gasteiger partial charge in [-0.2, -0.15) is 0 Å². The van der Waals surface area contributed by atoms with Crippen LogP contribution in [0.4, 0.5) is 5.13 Å². The van der Waals surface area contributed by atoms with Crippen LogP contribution in [0.1, 0.15) is 28.9 Å². The van der Waals surface area contributed by atoms with Crippen molar-refractivity contribution in [2.75, 3.05) is 5.32 Å². The highest BCUT2D eigenvalue weighted by Crippen LogP contribution is 2.20. The number of aryl methyl sites for hydroxylation is 1. The molecule has 1 amide bonds. The summed E-state index contributed by atoms with van der Waals surface area (Å²) in [7, 11) is 0. The topological polar surface area (TPSA) is 112 Å². The molecular formula is C13H13N3O4S. The van der Waals surface area contributed by atoms with Crippen molar-refractivity contribution < 1.29 is 19.8 Å². The predicted octanol–water partition coefficient (Wildman–Crippen LogP) is 1.90. The standard InChI is InChI=1S/C13H13N3O4S/c17-10-6-14-5-4-9(10)12(20)16-13-15-8(7-21-13)2-1-3-11(18)19/h4-7,17H,1-3H2,(H,18,19)(H,15,16,20). The van der Waals surface area contributed by atoms with Crippen molar-refractivity contribution in [3.63, 3.8) is 0 Å². The van der Waals surface area contributed by atoms with E-state index in [4.69, 9.17) is 5.11 Å². The molecule has 0 saturated heterocycles. The first-order valence-electron chi connectivity index (χ1n) is 6.17. The van der Waals surface area contributed by atoms with Gasteiger partial charge in [0.15, 0.2) is 5.13 Å². The molecule has 2 heterocycles. The molecule has 2 aromatic heterocycles. The number of carbonyl (C=O) groups excluding carboxylic acids is 1. The zero-order valence-electron chi connectivity index (χ0n) is 10.9. The average molecular weight is 307 g/mol. The lowest BCUT2D eigenvalue weighted by molar-refractivity contribution is -0.137. The summed E-state index contributed by atoms with van der Waals surface area (Å²) < 4.78 is 0. The van der Waals surface area contributed by atoms with Crippen molar-refractivity contribution in [3.05, 3.63) is 35.1 Å². The first-order chi connectivity index (χ1) is 10.1. The minimum atomic E-state index is -0.841. The van der Waals surface area contributed by atoms with E-state index in [0.717, 1.165) is 5.69 Å². The van der Waals surface area contributed by atoms with Gasteiger partial charge < -0.3 is 10.2 Å². The van der Waals surface area contributed by atoms with Crippen molar-refractivity contribution in [1.29, 1.82) is 0 Å². The van der Waals surface area contributed by atoms with Crippen LogP contribution >= 0.6 is 11.3 Å². The van der Waals surface area contributed by atoms with Crippen LogP contribution in [0.5, 0.6) is 5.75 Å². The van der Waals surface area contributed by atoms with Gasteiger partial charge in [0.05, 0.1) is 17.5 Å². The first kappa shape index (κ1) is 14.9. The summed E-state index contributed by atoms with van der Waals surface area (Å²) in [5.74, 6) is -1.51. The summed E-state index contributed by atoms with van der Waals surface area (Å²) in [5, 5.41) is 22.9. The van der Waals surface area contributed by atoms with E-state index in [9.17, 15) is 14.7 Å². The van der Waals surface area contributed by atoms with E-state index in [1.54, 1.807) is 5.38 Å². The van der Waals surface area contributed by atoms with E-state index >= 15 is 0 Å². The minimum absolute atomic E-state index is 0.0874. The van der Waals surface area contributed by atoms with Gasteiger partial charge in [0.2, 0.25) is 0 Å². The molecule has 2 rings (SSSR count). The third-order valence-electron chi connectivity index (χ3n) is 2.64. The highest BCUT2D eigenvalue weighted by atomic mass is 32.1. The lowest BCUT2D eigenvalue weighted by atomic mass is 10.2. The fraction of sp³-hybridized carbons (Fsp3) is 0.231. The molecule has 0 radical (unpaired) electrons. The van der Waals surface area contributed by atoms with Crippen LogP contribution in [-0.4, -0.2) is 32.1 Å². The van der Waals surface area contributed by atoms with E-state index < -0.39 is 11.9 Å². The van der Waals surface area contributed by atoms with Gasteiger partial charge in [-0.25, -0.2) is 4.98 Å². The SMILES string of the molecule is O=C(O)CCCc1csc(NC(=O)c2ccncc2O)n1. The fourth-order valence-electron chi connectivity index (χ4n) is 1.64. The number of anilines is 1. The van der Waals surface area contributed by atoms with Crippen LogP contribution in [0, 0.1) is 0 Å². The van der Waals surface area contributed by atoms with Gasteiger partial charge in [0.1, 0.15) is 5.75 Å². The van der Waals surface area contributed by atoms with Crippen molar-refractivity contribution in [1.82, 2.24) is 9.97 Å². The molecule has 0 aromatic carbocycles. The Morgan fingerprint density at radius 1 is 1.38 bits per heavy atom. The molecule has 0 aliphatic rings. The molecule has 2 aromatic rings. The Hall–Kier alpha value is -2.48. The monoisotopic (exact) mass is 307 g/mol. The van der Waals surface area contributed by atoms with Gasteiger partial charge in [-0.3, -0.25) is 19.9 Å². The normalized spacial score (nSPS) is 10.3. The number of hydrogen-bond donors (Lipinski definition) is 3. The fourth-order valence-corrected chi connectivity index (χ4v) is 2.38. The Labute approximate surface area is 124 Å². The van der Waals surface area contributed by atoms with Crippen LogP contribution in [0.15, 0.2) is 23.8 Å². The Morgan fingerprint density at radius 3 is 2.90 bits per heavy atom. The van der Waals surface area contributed by atoms with Crippen molar-refractivity contribution >= 4 is 28.3 Å². The quantitative estimate of drug-likeness (QED) is 0.751. The summed E-state index contributed by atoms with van der Waals surface area (Å²) in [6, 6.07) is 1.41. The van der Waals surface area contributed by atoms with Gasteiger partial charge in [0, 0.05) is 18.0 Å². The van der Waals surface area contributed by atoms with Gasteiger partial charge in [-0.15, -0.1) is 11.3 Å². The third kappa shape index (κ3) is 4.25. The second-order valence-electron chi connectivity index (χ2n) is 4.24. The molecule has 8 heteroatoms. The Morgan fingerprint density at radius 2 is 2.19 bits per heavy atom. The van der Waals surface area contributed by atoms with Gasteiger partial charge in [0.25, 0.3) is 5.91 Å². The Kier molecular flexibility index (Phi) is 4.83. The Balaban J connectivity index is 1.95. The van der Waals surface area contributed by atoms with Crippen LogP contribution < -0.4 is 5.32 Å². The number of carboxylic acids is 1. The van der Waals surface area contributed by atoms with Crippen LogP contribution in [0.3, 0.4) is 0 Å². The minimum Gasteiger partial charge on any atom is -0.505 e. The predicted molar refractivity (Wildman–Crippen MR) is 76.5 cm³/mol. The molecule has 0 aliphatic carbocycles. The summed E-state index contributed by atoms with van der Waals surface area (Å²) in [6.45, 7) is 0. The number of aromatic nitrogens is 2. The van der Waals surface area contributed by atoms with Crippen molar-refractivity contribution in [3.8, 4) is 5.75 Å². The Bertz CT molecular complexity index is 656. The van der Waals surface area contributed by atoms with E-state index in [1.165, 1.54) is 29.8 Å². The molecule has 0 spiro atoms. The smallest absolute Gasteiger partial charge is 0.303 e. The van der Waals surface area contributed by atoms with E-state index in [0.29, 0.717) is 18.0 Å². The highest BCUT2D eigenvalue weighted by Gasteiger charge is 2.13. The second kappa shape index (κ2) is 6.80. The van der Waals surface area contributed by atoms with Crippen LogP contribution in [0.2, 0.25) is 0 Å². The summed E-state index contributed by atoms with van der Waals surface area (Å²) >= 11 is 1.25. The molecule has 21 heavy (non-hydrogen) atoms. The molecule has 0 atom stereocenters. The molecule has 0 saturated carbocycles. The molecule has 110 valence electrons. The summed E-state index contributed by atoms with van der Waals surface area (Å²) in [6.07, 6.45) is 3.72. The number of rotatable bonds is 6. The number of amides is 1. The number of carbonyl (C=O) groups is 2. The zero-order valence-corrected chi connectivity index (χ0v) is 11.8. The van der Waals surface area contributed by atoms with E-state index in [-0.39, 0.29) is 17.7 Å². The molecular weight excluding hydrogens is 294 g/mol. The largest absolute Gasteiger partial charge is 0.505 e. The van der Waals surface area contributed by atoms with Gasteiger partial charge in [-0.1, -0.05) is 0 Å². The van der Waals surface area contributed by atoms with Crippen molar-refractivity contribution in [2.45, 2.75) is 19.3 Å². The van der Waals surface area contributed by atoms with Crippen molar-refractivity contribution in [2.24, 2.45) is 0 Å². The lowest BCUT2D eigenvalue weighted by Crippen LogP contribution is -2.12. The van der Waals surface area contributed by atoms with Gasteiger partial charge in [-0.05, 0) is 18.9 Å². The maximum atomic E-state index is 11.9. The summed E-state index contributed by atoms with van der Waals surface area (Å²) in [4.78, 5) is 30.3. The first-order valence-corrected chi connectivity index (χ1v) is 7.05.